The van der Waals surface area contributed by atoms with Crippen LogP contribution in [-0.2, 0) is 4.79 Å². The summed E-state index contributed by atoms with van der Waals surface area (Å²) in [5.74, 6) is 0.416. The molecule has 5 nitrogen and oxygen atoms in total. The first-order chi connectivity index (χ1) is 6.50. The summed E-state index contributed by atoms with van der Waals surface area (Å²) < 4.78 is 0. The van der Waals surface area contributed by atoms with E-state index in [2.05, 4.69) is 15.3 Å². The Bertz CT molecular complexity index is 353. The van der Waals surface area contributed by atoms with Crippen molar-refractivity contribution in [3.8, 4) is 0 Å². The molecule has 1 aromatic rings. The highest BCUT2D eigenvalue weighted by atomic mass is 35.5. The minimum atomic E-state index is -0.168. The number of aromatic nitrogens is 2. The molecule has 14 heavy (non-hydrogen) atoms. The molecule has 0 saturated heterocycles. The topological polar surface area (TPSA) is 58.1 Å². The normalized spacial score (nSPS) is 9.71. The molecule has 1 aromatic heterocycles. The summed E-state index contributed by atoms with van der Waals surface area (Å²) in [7, 11) is 3.62. The Labute approximate surface area is 87.1 Å². The molecule has 1 heterocycles. The molecule has 0 aliphatic heterocycles. The zero-order valence-electron chi connectivity index (χ0n) is 8.21. The number of carbonyl (C=O) groups excluding carboxylic acids is 1. The van der Waals surface area contributed by atoms with E-state index < -0.39 is 0 Å². The van der Waals surface area contributed by atoms with Crippen LogP contribution in [0.2, 0.25) is 5.28 Å². The quantitative estimate of drug-likeness (QED) is 0.751. The molecule has 0 aliphatic carbocycles. The van der Waals surface area contributed by atoms with Crippen LogP contribution in [0.25, 0.3) is 0 Å². The fourth-order valence-electron chi connectivity index (χ4n) is 0.971. The third-order valence-electron chi connectivity index (χ3n) is 1.47. The van der Waals surface area contributed by atoms with E-state index in [1.807, 2.05) is 14.1 Å². The van der Waals surface area contributed by atoms with Gasteiger partial charge in [0.1, 0.15) is 5.69 Å². The minimum Gasteiger partial charge on any atom is -0.361 e. The van der Waals surface area contributed by atoms with Crippen LogP contribution in [0.3, 0.4) is 0 Å². The van der Waals surface area contributed by atoms with Crippen molar-refractivity contribution in [2.24, 2.45) is 0 Å². The van der Waals surface area contributed by atoms with Crippen LogP contribution in [0.15, 0.2) is 6.20 Å². The van der Waals surface area contributed by atoms with Gasteiger partial charge in [-0.2, -0.15) is 4.98 Å². The summed E-state index contributed by atoms with van der Waals surface area (Å²) in [4.78, 5) is 20.4. The highest BCUT2D eigenvalue weighted by molar-refractivity contribution is 6.28. The third-order valence-corrected chi connectivity index (χ3v) is 1.66. The van der Waals surface area contributed by atoms with E-state index in [1.54, 1.807) is 4.90 Å². The zero-order chi connectivity index (χ0) is 10.7. The average Bonchev–Trinajstić information content (AvgIpc) is 2.07. The van der Waals surface area contributed by atoms with Crippen molar-refractivity contribution in [3.05, 3.63) is 11.5 Å². The maximum absolute atomic E-state index is 10.9. The lowest BCUT2D eigenvalue weighted by molar-refractivity contribution is -0.114. The molecule has 6 heteroatoms. The van der Waals surface area contributed by atoms with Gasteiger partial charge in [0, 0.05) is 21.0 Å². The van der Waals surface area contributed by atoms with Crippen LogP contribution >= 0.6 is 11.6 Å². The second kappa shape index (κ2) is 4.23. The largest absolute Gasteiger partial charge is 0.361 e. The lowest BCUT2D eigenvalue weighted by Crippen LogP contribution is -2.16. The van der Waals surface area contributed by atoms with Gasteiger partial charge in [0.25, 0.3) is 0 Å². The number of anilines is 2. The lowest BCUT2D eigenvalue weighted by Gasteiger charge is -2.15. The maximum atomic E-state index is 10.9. The molecule has 0 spiro atoms. The molecule has 0 aromatic carbocycles. The molecule has 0 bridgehead atoms. The van der Waals surface area contributed by atoms with E-state index in [-0.39, 0.29) is 11.2 Å². The average molecular weight is 215 g/mol. The molecule has 0 atom stereocenters. The Morgan fingerprint density at radius 3 is 2.71 bits per heavy atom. The van der Waals surface area contributed by atoms with E-state index in [9.17, 15) is 4.79 Å². The fraction of sp³-hybridized carbons (Fsp3) is 0.375. The summed E-state index contributed by atoms with van der Waals surface area (Å²) in [6.07, 6.45) is 1.48. The van der Waals surface area contributed by atoms with Gasteiger partial charge in [-0.25, -0.2) is 4.98 Å². The number of nitrogens with zero attached hydrogens (tertiary/aromatic N) is 3. The molecule has 0 radical (unpaired) electrons. The monoisotopic (exact) mass is 214 g/mol. The van der Waals surface area contributed by atoms with Crippen LogP contribution in [0.5, 0.6) is 0 Å². The SMILES string of the molecule is CC(=O)Nc1cnc(Cl)nc1N(C)C. The maximum Gasteiger partial charge on any atom is 0.224 e. The Hall–Kier alpha value is -1.36. The van der Waals surface area contributed by atoms with Crippen LogP contribution in [0.4, 0.5) is 11.5 Å². The Balaban J connectivity index is 3.08. The van der Waals surface area contributed by atoms with E-state index in [1.165, 1.54) is 13.1 Å². The highest BCUT2D eigenvalue weighted by Gasteiger charge is 2.08. The van der Waals surface area contributed by atoms with Crippen molar-refractivity contribution in [2.75, 3.05) is 24.3 Å². The molecule has 0 unspecified atom stereocenters. The van der Waals surface area contributed by atoms with E-state index in [0.717, 1.165) is 0 Å². The first kappa shape index (κ1) is 10.7. The number of carbonyl (C=O) groups is 1. The molecule has 1 rings (SSSR count). The lowest BCUT2D eigenvalue weighted by atomic mass is 10.4. The molecule has 0 fully saturated rings. The van der Waals surface area contributed by atoms with Crippen LogP contribution in [0.1, 0.15) is 6.92 Å². The molecule has 76 valence electrons. The second-order valence-electron chi connectivity index (χ2n) is 2.95. The third kappa shape index (κ3) is 2.56. The number of amides is 1. The van der Waals surface area contributed by atoms with Gasteiger partial charge in [-0.3, -0.25) is 4.79 Å². The molecular weight excluding hydrogens is 204 g/mol. The summed E-state index contributed by atoms with van der Waals surface area (Å²) in [5.41, 5.74) is 0.548. The standard InChI is InChI=1S/C8H11ClN4O/c1-5(14)11-6-4-10-8(9)12-7(6)13(2)3/h4H,1-3H3,(H,11,14). The van der Waals surface area contributed by atoms with Gasteiger partial charge in [0.2, 0.25) is 11.2 Å². The second-order valence-corrected chi connectivity index (χ2v) is 3.29. The van der Waals surface area contributed by atoms with Crippen molar-refractivity contribution < 1.29 is 4.79 Å². The van der Waals surface area contributed by atoms with Gasteiger partial charge in [0.15, 0.2) is 5.82 Å². The molecule has 0 aliphatic rings. The summed E-state index contributed by atoms with van der Waals surface area (Å²) in [5, 5.41) is 2.77. The highest BCUT2D eigenvalue weighted by Crippen LogP contribution is 2.21. The van der Waals surface area contributed by atoms with Gasteiger partial charge < -0.3 is 10.2 Å². The Morgan fingerprint density at radius 2 is 2.21 bits per heavy atom. The van der Waals surface area contributed by atoms with Crippen LogP contribution in [-0.4, -0.2) is 30.0 Å². The predicted molar refractivity (Wildman–Crippen MR) is 55.7 cm³/mol. The zero-order valence-corrected chi connectivity index (χ0v) is 8.96. The minimum absolute atomic E-state index is 0.155. The predicted octanol–water partition coefficient (Wildman–Crippen LogP) is 1.15. The number of rotatable bonds is 2. The van der Waals surface area contributed by atoms with Crippen molar-refractivity contribution in [1.82, 2.24) is 9.97 Å². The fourth-order valence-corrected chi connectivity index (χ4v) is 1.10. The van der Waals surface area contributed by atoms with Crippen molar-refractivity contribution >= 4 is 29.0 Å². The van der Waals surface area contributed by atoms with Crippen LogP contribution < -0.4 is 10.2 Å². The molecule has 1 amide bonds. The first-order valence-electron chi connectivity index (χ1n) is 3.98. The number of hydrogen-bond donors (Lipinski definition) is 1. The van der Waals surface area contributed by atoms with Crippen molar-refractivity contribution in [2.45, 2.75) is 6.92 Å². The van der Waals surface area contributed by atoms with E-state index in [4.69, 9.17) is 11.6 Å². The first-order valence-corrected chi connectivity index (χ1v) is 4.36. The van der Waals surface area contributed by atoms with E-state index in [0.29, 0.717) is 11.5 Å². The molecular formula is C8H11ClN4O. The van der Waals surface area contributed by atoms with Gasteiger partial charge >= 0.3 is 0 Å². The van der Waals surface area contributed by atoms with Gasteiger partial charge in [-0.15, -0.1) is 0 Å². The Kier molecular flexibility index (Phi) is 3.24. The van der Waals surface area contributed by atoms with Crippen molar-refractivity contribution in [1.29, 1.82) is 0 Å². The molecule has 1 N–H and O–H groups in total. The van der Waals surface area contributed by atoms with E-state index >= 15 is 0 Å². The Morgan fingerprint density at radius 1 is 1.57 bits per heavy atom. The van der Waals surface area contributed by atoms with Crippen molar-refractivity contribution in [3.63, 3.8) is 0 Å². The number of nitrogens with one attached hydrogen (secondary N) is 1. The molecule has 0 saturated carbocycles. The summed E-state index contributed by atoms with van der Waals surface area (Å²) in [6, 6.07) is 0. The smallest absolute Gasteiger partial charge is 0.224 e. The van der Waals surface area contributed by atoms with Crippen LogP contribution in [0, 0.1) is 0 Å². The van der Waals surface area contributed by atoms with Gasteiger partial charge in [0.05, 0.1) is 6.20 Å². The van der Waals surface area contributed by atoms with Gasteiger partial charge in [-0.1, -0.05) is 0 Å². The van der Waals surface area contributed by atoms with Gasteiger partial charge in [-0.05, 0) is 11.6 Å². The number of halogens is 1. The summed E-state index contributed by atoms with van der Waals surface area (Å²) >= 11 is 5.64. The summed E-state index contributed by atoms with van der Waals surface area (Å²) in [6.45, 7) is 1.42. The number of hydrogen-bond acceptors (Lipinski definition) is 4.